The summed E-state index contributed by atoms with van der Waals surface area (Å²) < 4.78 is 2.21. The molecule has 6 heteroatoms. The largest absolute Gasteiger partial charge is 0.378 e. The van der Waals surface area contributed by atoms with E-state index < -0.39 is 0 Å². The summed E-state index contributed by atoms with van der Waals surface area (Å²) in [5.74, 6) is 1.13. The molecule has 0 aliphatic carbocycles. The topological polar surface area (TPSA) is 44.6 Å². The molecule has 3 aromatic rings. The van der Waals surface area contributed by atoms with Crippen molar-refractivity contribution in [1.29, 1.82) is 0 Å². The maximum absolute atomic E-state index is 12.8. The Morgan fingerprint density at radius 2 is 1.63 bits per heavy atom. The zero-order valence-electron chi connectivity index (χ0n) is 17.7. The number of piperazine rings is 1. The van der Waals surface area contributed by atoms with Crippen LogP contribution in [0.4, 0.5) is 5.69 Å². The van der Waals surface area contributed by atoms with Crippen LogP contribution in [-0.2, 0) is 6.54 Å². The first kappa shape index (κ1) is 20.2. The zero-order chi connectivity index (χ0) is 20.9. The van der Waals surface area contributed by atoms with E-state index in [4.69, 9.17) is 0 Å². The van der Waals surface area contributed by atoms with Gasteiger partial charge >= 0.3 is 0 Å². The minimum atomic E-state index is 0.126. The molecular formula is C24H29N5O. The van der Waals surface area contributed by atoms with Crippen molar-refractivity contribution in [2.75, 3.05) is 51.7 Å². The summed E-state index contributed by atoms with van der Waals surface area (Å²) in [4.78, 5) is 23.8. The van der Waals surface area contributed by atoms with Gasteiger partial charge in [-0.3, -0.25) is 9.69 Å². The third kappa shape index (κ3) is 4.54. The van der Waals surface area contributed by atoms with Crippen LogP contribution < -0.4 is 4.90 Å². The van der Waals surface area contributed by atoms with Crippen molar-refractivity contribution >= 4 is 11.6 Å². The van der Waals surface area contributed by atoms with Gasteiger partial charge < -0.3 is 14.4 Å². The Morgan fingerprint density at radius 3 is 2.30 bits per heavy atom. The van der Waals surface area contributed by atoms with Gasteiger partial charge in [-0.05, 0) is 24.3 Å². The highest BCUT2D eigenvalue weighted by molar-refractivity contribution is 5.94. The van der Waals surface area contributed by atoms with Gasteiger partial charge in [-0.15, -0.1) is 0 Å². The summed E-state index contributed by atoms with van der Waals surface area (Å²) in [5, 5.41) is 0. The number of aromatic nitrogens is 2. The SMILES string of the molecule is CN(C)c1ccc(C(=O)N2CCN(CCn3ccnc3-c3ccccc3)CC2)cc1. The smallest absolute Gasteiger partial charge is 0.253 e. The van der Waals surface area contributed by atoms with Gasteiger partial charge in [-0.1, -0.05) is 30.3 Å². The van der Waals surface area contributed by atoms with Gasteiger partial charge in [0.05, 0.1) is 0 Å². The number of hydrogen-bond acceptors (Lipinski definition) is 4. The van der Waals surface area contributed by atoms with Crippen molar-refractivity contribution in [3.8, 4) is 11.4 Å². The van der Waals surface area contributed by atoms with E-state index in [1.165, 1.54) is 0 Å². The molecule has 0 unspecified atom stereocenters. The summed E-state index contributed by atoms with van der Waals surface area (Å²) >= 11 is 0. The highest BCUT2D eigenvalue weighted by atomic mass is 16.2. The molecule has 2 aromatic carbocycles. The second kappa shape index (κ2) is 9.13. The maximum atomic E-state index is 12.8. The Kier molecular flexibility index (Phi) is 6.14. The lowest BCUT2D eigenvalue weighted by Crippen LogP contribution is -2.49. The van der Waals surface area contributed by atoms with Crippen LogP contribution in [0.1, 0.15) is 10.4 Å². The quantitative estimate of drug-likeness (QED) is 0.635. The van der Waals surface area contributed by atoms with Gasteiger partial charge in [0.1, 0.15) is 5.82 Å². The summed E-state index contributed by atoms with van der Waals surface area (Å²) in [6.45, 7) is 5.18. The molecule has 1 aliphatic heterocycles. The minimum absolute atomic E-state index is 0.126. The van der Waals surface area contributed by atoms with Crippen molar-refractivity contribution in [2.24, 2.45) is 0 Å². The Balaban J connectivity index is 1.29. The fourth-order valence-corrected chi connectivity index (χ4v) is 3.85. The molecule has 6 nitrogen and oxygen atoms in total. The maximum Gasteiger partial charge on any atom is 0.253 e. The number of rotatable bonds is 6. The first-order valence-electron chi connectivity index (χ1n) is 10.5. The Labute approximate surface area is 178 Å². The van der Waals surface area contributed by atoms with E-state index in [2.05, 4.69) is 26.6 Å². The van der Waals surface area contributed by atoms with Gasteiger partial charge in [-0.25, -0.2) is 4.98 Å². The molecule has 156 valence electrons. The first-order chi connectivity index (χ1) is 14.6. The molecule has 1 amide bonds. The van der Waals surface area contributed by atoms with Crippen molar-refractivity contribution in [3.63, 3.8) is 0 Å². The van der Waals surface area contributed by atoms with Gasteiger partial charge in [0.25, 0.3) is 5.91 Å². The number of carbonyl (C=O) groups is 1. The van der Waals surface area contributed by atoms with E-state index in [0.717, 1.165) is 61.9 Å². The van der Waals surface area contributed by atoms with Crippen LogP contribution >= 0.6 is 0 Å². The van der Waals surface area contributed by atoms with Gasteiger partial charge in [0.15, 0.2) is 0 Å². The summed E-state index contributed by atoms with van der Waals surface area (Å²) in [7, 11) is 4.01. The van der Waals surface area contributed by atoms with Gasteiger partial charge in [0, 0.05) is 82.6 Å². The number of anilines is 1. The minimum Gasteiger partial charge on any atom is -0.378 e. The molecule has 0 bridgehead atoms. The molecular weight excluding hydrogens is 374 g/mol. The fourth-order valence-electron chi connectivity index (χ4n) is 3.85. The van der Waals surface area contributed by atoms with E-state index in [9.17, 15) is 4.79 Å². The summed E-state index contributed by atoms with van der Waals surface area (Å²) in [6, 6.07) is 18.1. The molecule has 0 radical (unpaired) electrons. The number of imidazole rings is 1. The van der Waals surface area contributed by atoms with Crippen LogP contribution in [0.5, 0.6) is 0 Å². The van der Waals surface area contributed by atoms with Gasteiger partial charge in [0.2, 0.25) is 0 Å². The zero-order valence-corrected chi connectivity index (χ0v) is 17.7. The predicted molar refractivity (Wildman–Crippen MR) is 121 cm³/mol. The van der Waals surface area contributed by atoms with Crippen LogP contribution in [-0.4, -0.2) is 72.1 Å². The molecule has 1 aromatic heterocycles. The molecule has 1 saturated heterocycles. The van der Waals surface area contributed by atoms with E-state index in [1.54, 1.807) is 0 Å². The molecule has 4 rings (SSSR count). The van der Waals surface area contributed by atoms with E-state index in [1.807, 2.05) is 78.8 Å². The summed E-state index contributed by atoms with van der Waals surface area (Å²) in [6.07, 6.45) is 3.90. The molecule has 0 N–H and O–H groups in total. The number of nitrogens with zero attached hydrogens (tertiary/aromatic N) is 5. The van der Waals surface area contributed by atoms with Crippen LogP contribution in [0.15, 0.2) is 67.0 Å². The van der Waals surface area contributed by atoms with Gasteiger partial charge in [-0.2, -0.15) is 0 Å². The van der Waals surface area contributed by atoms with Crippen molar-refractivity contribution in [3.05, 3.63) is 72.6 Å². The number of amides is 1. The third-order valence-electron chi connectivity index (χ3n) is 5.69. The Hall–Kier alpha value is -3.12. The highest BCUT2D eigenvalue weighted by Crippen LogP contribution is 2.17. The third-order valence-corrected chi connectivity index (χ3v) is 5.69. The lowest BCUT2D eigenvalue weighted by molar-refractivity contribution is 0.0633. The number of benzene rings is 2. The number of carbonyl (C=O) groups excluding carboxylic acids is 1. The van der Waals surface area contributed by atoms with E-state index >= 15 is 0 Å². The monoisotopic (exact) mass is 403 g/mol. The first-order valence-corrected chi connectivity index (χ1v) is 10.5. The highest BCUT2D eigenvalue weighted by Gasteiger charge is 2.22. The predicted octanol–water partition coefficient (Wildman–Crippen LogP) is 3.07. The lowest BCUT2D eigenvalue weighted by atomic mass is 10.1. The molecule has 0 atom stereocenters. The van der Waals surface area contributed by atoms with Crippen LogP contribution in [0.2, 0.25) is 0 Å². The standard InChI is InChI=1S/C24H29N5O/c1-26(2)22-10-8-21(9-11-22)24(30)29-18-15-27(16-19-29)14-17-28-13-12-25-23(28)20-6-4-3-5-7-20/h3-13H,14-19H2,1-2H3. The Morgan fingerprint density at radius 1 is 0.933 bits per heavy atom. The molecule has 1 aliphatic rings. The molecule has 2 heterocycles. The average Bonchev–Trinajstić information content (AvgIpc) is 3.27. The molecule has 0 saturated carbocycles. The second-order valence-electron chi connectivity index (χ2n) is 7.89. The lowest BCUT2D eigenvalue weighted by Gasteiger charge is -2.35. The van der Waals surface area contributed by atoms with Crippen LogP contribution in [0.3, 0.4) is 0 Å². The molecule has 0 spiro atoms. The van der Waals surface area contributed by atoms with Crippen molar-refractivity contribution in [1.82, 2.24) is 19.4 Å². The normalized spacial score (nSPS) is 14.7. The number of hydrogen-bond donors (Lipinski definition) is 0. The van der Waals surface area contributed by atoms with Crippen molar-refractivity contribution in [2.45, 2.75) is 6.54 Å². The fraction of sp³-hybridized carbons (Fsp3) is 0.333. The van der Waals surface area contributed by atoms with E-state index in [-0.39, 0.29) is 5.91 Å². The average molecular weight is 404 g/mol. The van der Waals surface area contributed by atoms with Crippen LogP contribution in [0.25, 0.3) is 11.4 Å². The van der Waals surface area contributed by atoms with E-state index in [0.29, 0.717) is 0 Å². The Bertz CT molecular complexity index is 957. The molecule has 1 fully saturated rings. The molecule has 30 heavy (non-hydrogen) atoms. The summed E-state index contributed by atoms with van der Waals surface area (Å²) in [5.41, 5.74) is 3.00. The second-order valence-corrected chi connectivity index (χ2v) is 7.89. The van der Waals surface area contributed by atoms with Crippen molar-refractivity contribution < 1.29 is 4.79 Å². The van der Waals surface area contributed by atoms with Crippen LogP contribution in [0, 0.1) is 0 Å².